The van der Waals surface area contributed by atoms with Crippen molar-refractivity contribution in [2.45, 2.75) is 16.6 Å². The molecule has 0 bridgehead atoms. The third-order valence-electron chi connectivity index (χ3n) is 4.49. The number of hydrogen-bond acceptors (Lipinski definition) is 3. The van der Waals surface area contributed by atoms with Gasteiger partial charge in [0.2, 0.25) is 0 Å². The maximum atomic E-state index is 14.0. The Morgan fingerprint density at radius 2 is 1.38 bits per heavy atom. The van der Waals surface area contributed by atoms with Crippen LogP contribution in [0.5, 0.6) is 0 Å². The topological polar surface area (TPSA) is 38.7 Å². The maximum absolute atomic E-state index is 14.0. The Morgan fingerprint density at radius 1 is 0.846 bits per heavy atom. The van der Waals surface area contributed by atoms with Gasteiger partial charge in [0.15, 0.2) is 0 Å². The van der Waals surface area contributed by atoms with Gasteiger partial charge in [0.05, 0.1) is 0 Å². The van der Waals surface area contributed by atoms with Gasteiger partial charge < -0.3 is 0 Å². The van der Waals surface area contributed by atoms with E-state index in [0.717, 1.165) is 14.7 Å². The molecule has 4 heteroatoms. The molecule has 0 saturated carbocycles. The fraction of sp³-hybridized carbons (Fsp3) is 0.136. The van der Waals surface area contributed by atoms with Gasteiger partial charge in [-0.15, -0.1) is 0 Å². The summed E-state index contributed by atoms with van der Waals surface area (Å²) in [5.41, 5.74) is 1.94. The van der Waals surface area contributed by atoms with Crippen LogP contribution in [0.1, 0.15) is 24.1 Å². The van der Waals surface area contributed by atoms with Crippen molar-refractivity contribution in [3.8, 4) is 0 Å². The van der Waals surface area contributed by atoms with E-state index in [1.54, 1.807) is 0 Å². The second-order valence-electron chi connectivity index (χ2n) is 6.18. The average molecular weight is 457 g/mol. The van der Waals surface area contributed by atoms with Crippen LogP contribution in [-0.2, 0) is 11.5 Å². The first-order chi connectivity index (χ1) is 12.7. The van der Waals surface area contributed by atoms with Crippen molar-refractivity contribution >= 4 is 29.0 Å². The molecule has 0 aromatic heterocycles. The molecule has 1 aliphatic rings. The summed E-state index contributed by atoms with van der Waals surface area (Å²) in [5.74, 6) is 0.584. The van der Waals surface area contributed by atoms with Crippen LogP contribution in [-0.4, -0.2) is 25.4 Å². The van der Waals surface area contributed by atoms with Crippen LogP contribution in [0.25, 0.3) is 0 Å². The Morgan fingerprint density at radius 3 is 2.00 bits per heavy atom. The molecule has 0 aliphatic carbocycles. The van der Waals surface area contributed by atoms with E-state index >= 15 is 0 Å². The van der Waals surface area contributed by atoms with Crippen molar-refractivity contribution in [1.82, 2.24) is 0 Å². The summed E-state index contributed by atoms with van der Waals surface area (Å²) in [4.78, 5) is 4.77. The zero-order chi connectivity index (χ0) is 18.0. The molecule has 0 N–H and O–H groups in total. The molecule has 2 unspecified atom stereocenters. The monoisotopic (exact) mass is 459 g/mol. The molecule has 4 rings (SSSR count). The summed E-state index contributed by atoms with van der Waals surface area (Å²) >= 11 is -3.21. The third-order valence-corrected chi connectivity index (χ3v) is 9.61. The standard InChI is InChI=1S/C22H19NO2Te/c1-17-23-21(18-11-5-2-6-12-18)22(25-17,19-13-7-3-8-14-19)26(24)20-15-9-4-10-16-20/h2-16,21H,1H3. The Hall–Kier alpha value is -2.28. The predicted molar refractivity (Wildman–Crippen MR) is 104 cm³/mol. The SMILES string of the molecule is CC1=NC(c2ccccc2)C(c2ccccc2)([Te](=O)c2ccccc2)O1. The van der Waals surface area contributed by atoms with Crippen LogP contribution in [0, 0.1) is 0 Å². The molecule has 130 valence electrons. The van der Waals surface area contributed by atoms with Crippen LogP contribution in [0.15, 0.2) is 96.0 Å². The van der Waals surface area contributed by atoms with Gasteiger partial charge in [0, 0.05) is 0 Å². The van der Waals surface area contributed by atoms with Crippen molar-refractivity contribution < 1.29 is 7.84 Å². The molecule has 0 fully saturated rings. The summed E-state index contributed by atoms with van der Waals surface area (Å²) in [5, 5.41) is 0. The van der Waals surface area contributed by atoms with E-state index in [1.165, 1.54) is 0 Å². The molecule has 0 spiro atoms. The second kappa shape index (κ2) is 7.15. The van der Waals surface area contributed by atoms with E-state index in [-0.39, 0.29) is 6.04 Å². The summed E-state index contributed by atoms with van der Waals surface area (Å²) in [6.45, 7) is 1.85. The number of aliphatic imine (C=N–C) groups is 1. The Labute approximate surface area is 160 Å². The van der Waals surface area contributed by atoms with Gasteiger partial charge in [-0.1, -0.05) is 0 Å². The van der Waals surface area contributed by atoms with E-state index < -0.39 is 23.2 Å². The zero-order valence-corrected chi connectivity index (χ0v) is 16.7. The van der Waals surface area contributed by atoms with E-state index in [2.05, 4.69) is 0 Å². The van der Waals surface area contributed by atoms with E-state index in [1.807, 2.05) is 97.9 Å². The van der Waals surface area contributed by atoms with Crippen molar-refractivity contribution in [1.29, 1.82) is 0 Å². The average Bonchev–Trinajstić information content (AvgIpc) is 3.08. The van der Waals surface area contributed by atoms with Gasteiger partial charge >= 0.3 is 161 Å². The van der Waals surface area contributed by atoms with Crippen LogP contribution < -0.4 is 3.61 Å². The van der Waals surface area contributed by atoms with E-state index in [0.29, 0.717) is 5.90 Å². The van der Waals surface area contributed by atoms with Crippen molar-refractivity contribution in [2.75, 3.05) is 0 Å². The molecular weight excluding hydrogens is 438 g/mol. The van der Waals surface area contributed by atoms with Crippen LogP contribution >= 0.6 is 0 Å². The molecule has 3 aromatic rings. The minimum atomic E-state index is -3.21. The molecule has 0 saturated heterocycles. The van der Waals surface area contributed by atoms with Crippen molar-refractivity contribution in [3.63, 3.8) is 0 Å². The fourth-order valence-corrected chi connectivity index (χ4v) is 8.18. The zero-order valence-electron chi connectivity index (χ0n) is 14.4. The second-order valence-corrected chi connectivity index (χ2v) is 10.8. The molecular formula is C22H19NO2Te. The van der Waals surface area contributed by atoms with Gasteiger partial charge in [0.1, 0.15) is 0 Å². The molecule has 26 heavy (non-hydrogen) atoms. The quantitative estimate of drug-likeness (QED) is 0.558. The molecule has 0 amide bonds. The predicted octanol–water partition coefficient (Wildman–Crippen LogP) is 3.94. The number of benzene rings is 3. The first-order valence-corrected chi connectivity index (χ1v) is 11.8. The van der Waals surface area contributed by atoms with Gasteiger partial charge in [-0.2, -0.15) is 0 Å². The summed E-state index contributed by atoms with van der Waals surface area (Å²) < 4.78 is 20.2. The van der Waals surface area contributed by atoms with Gasteiger partial charge in [-0.3, -0.25) is 0 Å². The molecule has 0 radical (unpaired) electrons. The molecule has 1 heterocycles. The van der Waals surface area contributed by atoms with Gasteiger partial charge in [-0.05, 0) is 0 Å². The normalized spacial score (nSPS) is 22.1. The van der Waals surface area contributed by atoms with Crippen molar-refractivity contribution in [2.24, 2.45) is 4.99 Å². The first-order valence-electron chi connectivity index (χ1n) is 8.52. The Kier molecular flexibility index (Phi) is 4.72. The first kappa shape index (κ1) is 17.1. The van der Waals surface area contributed by atoms with Crippen molar-refractivity contribution in [3.05, 3.63) is 102 Å². The van der Waals surface area contributed by atoms with Crippen LogP contribution in [0.3, 0.4) is 0 Å². The summed E-state index contributed by atoms with van der Waals surface area (Å²) in [7, 11) is 0. The number of rotatable bonds is 4. The third kappa shape index (κ3) is 2.90. The summed E-state index contributed by atoms with van der Waals surface area (Å²) in [6.07, 6.45) is 0. The number of nitrogens with zero attached hydrogens (tertiary/aromatic N) is 1. The minimum absolute atomic E-state index is 0.319. The molecule has 3 nitrogen and oxygen atoms in total. The molecule has 2 atom stereocenters. The van der Waals surface area contributed by atoms with E-state index in [9.17, 15) is 3.10 Å². The number of ether oxygens (including phenoxy) is 1. The molecule has 3 aromatic carbocycles. The molecule has 1 aliphatic heterocycles. The summed E-state index contributed by atoms with van der Waals surface area (Å²) in [6, 6.07) is 29.3. The van der Waals surface area contributed by atoms with Crippen LogP contribution in [0.4, 0.5) is 0 Å². The van der Waals surface area contributed by atoms with Gasteiger partial charge in [0.25, 0.3) is 0 Å². The number of hydrogen-bond donors (Lipinski definition) is 0. The Bertz CT molecular complexity index is 942. The fourth-order valence-electron chi connectivity index (χ4n) is 3.35. The van der Waals surface area contributed by atoms with Gasteiger partial charge in [-0.25, -0.2) is 0 Å². The van der Waals surface area contributed by atoms with Crippen LogP contribution in [0.2, 0.25) is 0 Å². The Balaban J connectivity index is 1.93. The van der Waals surface area contributed by atoms with E-state index in [4.69, 9.17) is 9.73 Å².